The maximum absolute atomic E-state index is 13.9. The van der Waals surface area contributed by atoms with E-state index in [4.69, 9.17) is 14.2 Å². The van der Waals surface area contributed by atoms with Crippen LogP contribution < -0.4 is 9.64 Å². The highest BCUT2D eigenvalue weighted by Crippen LogP contribution is 2.21. The van der Waals surface area contributed by atoms with Crippen LogP contribution in [0.1, 0.15) is 16.7 Å². The van der Waals surface area contributed by atoms with Crippen LogP contribution in [0, 0.1) is 0 Å². The number of morpholine rings is 1. The second kappa shape index (κ2) is 15.7. The summed E-state index contributed by atoms with van der Waals surface area (Å²) in [6, 6.07) is 20.8. The first-order chi connectivity index (χ1) is 20.5. The van der Waals surface area contributed by atoms with Gasteiger partial charge in [-0.2, -0.15) is 0 Å². The van der Waals surface area contributed by atoms with E-state index in [0.717, 1.165) is 35.5 Å². The van der Waals surface area contributed by atoms with Crippen molar-refractivity contribution in [3.05, 3.63) is 95.7 Å². The summed E-state index contributed by atoms with van der Waals surface area (Å²) >= 11 is 0. The predicted octanol–water partition coefficient (Wildman–Crippen LogP) is 3.68. The molecule has 42 heavy (non-hydrogen) atoms. The number of hydrogen-bond donors (Lipinski definition) is 0. The molecule has 0 unspecified atom stereocenters. The molecular weight excluding hydrogens is 532 g/mol. The van der Waals surface area contributed by atoms with Crippen LogP contribution in [0.5, 0.6) is 5.88 Å². The number of nitrogens with zero attached hydrogens (tertiary/aromatic N) is 4. The van der Waals surface area contributed by atoms with Crippen molar-refractivity contribution in [1.29, 1.82) is 0 Å². The molecule has 1 aliphatic heterocycles. The Morgan fingerprint density at radius 1 is 1.00 bits per heavy atom. The molecule has 0 aliphatic carbocycles. The highest BCUT2D eigenvalue weighted by molar-refractivity contribution is 5.95. The summed E-state index contributed by atoms with van der Waals surface area (Å²) in [5.41, 5.74) is 3.77. The van der Waals surface area contributed by atoms with E-state index >= 15 is 0 Å². The number of aromatic nitrogens is 1. The Kier molecular flexibility index (Phi) is 11.5. The van der Waals surface area contributed by atoms with Gasteiger partial charge in [-0.05, 0) is 41.0 Å². The van der Waals surface area contributed by atoms with Crippen molar-refractivity contribution in [2.75, 3.05) is 65.6 Å². The third kappa shape index (κ3) is 8.64. The van der Waals surface area contributed by atoms with Gasteiger partial charge in [-0.15, -0.1) is 0 Å². The molecule has 1 saturated heterocycles. The quantitative estimate of drug-likeness (QED) is 0.289. The topological polar surface area (TPSA) is 84.4 Å². The van der Waals surface area contributed by atoms with Crippen molar-refractivity contribution in [2.45, 2.75) is 19.0 Å². The van der Waals surface area contributed by atoms with Gasteiger partial charge in [-0.1, -0.05) is 42.5 Å². The fourth-order valence-electron chi connectivity index (χ4n) is 4.81. The molecule has 0 radical (unpaired) electrons. The second-order valence-electron chi connectivity index (χ2n) is 10.2. The lowest BCUT2D eigenvalue weighted by molar-refractivity contribution is -0.143. The first-order valence-electron chi connectivity index (χ1n) is 14.2. The van der Waals surface area contributed by atoms with Crippen LogP contribution in [0.4, 0.5) is 5.69 Å². The summed E-state index contributed by atoms with van der Waals surface area (Å²) < 4.78 is 15.8. The molecule has 4 rings (SSSR count). The minimum absolute atomic E-state index is 0.145. The van der Waals surface area contributed by atoms with E-state index in [1.807, 2.05) is 48.5 Å². The maximum atomic E-state index is 13.9. The van der Waals surface area contributed by atoms with E-state index in [-0.39, 0.29) is 18.4 Å². The fraction of sp³-hybridized carbons (Fsp3) is 0.364. The number of carbonyl (C=O) groups excluding carboxylic acids is 2. The molecule has 3 aromatic rings. The largest absolute Gasteiger partial charge is 0.481 e. The van der Waals surface area contributed by atoms with Crippen molar-refractivity contribution in [2.24, 2.45) is 0 Å². The normalized spacial score (nSPS) is 14.0. The Morgan fingerprint density at radius 3 is 2.38 bits per heavy atom. The molecule has 2 aromatic carbocycles. The Bertz CT molecular complexity index is 1290. The van der Waals surface area contributed by atoms with Crippen LogP contribution in [-0.4, -0.2) is 93.4 Å². The molecule has 9 heteroatoms. The lowest BCUT2D eigenvalue weighted by Gasteiger charge is -2.33. The van der Waals surface area contributed by atoms with Crippen LogP contribution in [-0.2, 0) is 32.0 Å². The molecule has 9 nitrogen and oxygen atoms in total. The Morgan fingerprint density at radius 2 is 1.74 bits per heavy atom. The zero-order chi connectivity index (χ0) is 29.7. The molecule has 2 heterocycles. The first kappa shape index (κ1) is 30.7. The number of rotatable bonds is 13. The van der Waals surface area contributed by atoms with Gasteiger partial charge in [0.25, 0.3) is 0 Å². The van der Waals surface area contributed by atoms with Crippen LogP contribution in [0.25, 0.3) is 6.08 Å². The van der Waals surface area contributed by atoms with E-state index < -0.39 is 6.04 Å². The highest BCUT2D eigenvalue weighted by Gasteiger charge is 2.31. The van der Waals surface area contributed by atoms with E-state index in [9.17, 15) is 9.59 Å². The number of methoxy groups -OCH3 is 2. The number of ether oxygens (including phenoxy) is 3. The predicted molar refractivity (Wildman–Crippen MR) is 163 cm³/mol. The lowest BCUT2D eigenvalue weighted by atomic mass is 10.0. The molecule has 222 valence electrons. The summed E-state index contributed by atoms with van der Waals surface area (Å²) in [6.07, 6.45) is 5.24. The van der Waals surface area contributed by atoms with E-state index in [1.165, 1.54) is 6.08 Å². The monoisotopic (exact) mass is 572 g/mol. The van der Waals surface area contributed by atoms with Crippen molar-refractivity contribution in [3.63, 3.8) is 0 Å². The smallest absolute Gasteiger partial charge is 0.247 e. The number of carbonyl (C=O) groups is 2. The Hall–Kier alpha value is -4.21. The molecule has 1 aromatic heterocycles. The zero-order valence-corrected chi connectivity index (χ0v) is 24.6. The van der Waals surface area contributed by atoms with Crippen molar-refractivity contribution in [1.82, 2.24) is 14.8 Å². The number of pyridine rings is 1. The van der Waals surface area contributed by atoms with Crippen molar-refractivity contribution < 1.29 is 23.8 Å². The fourth-order valence-corrected chi connectivity index (χ4v) is 4.81. The van der Waals surface area contributed by atoms with Crippen molar-refractivity contribution in [3.8, 4) is 5.88 Å². The Balaban J connectivity index is 1.64. The van der Waals surface area contributed by atoms with Crippen LogP contribution in [0.2, 0.25) is 0 Å². The zero-order valence-electron chi connectivity index (χ0n) is 24.6. The maximum Gasteiger partial charge on any atom is 0.247 e. The summed E-state index contributed by atoms with van der Waals surface area (Å²) in [5.74, 6) is 0.0828. The van der Waals surface area contributed by atoms with Gasteiger partial charge in [-0.25, -0.2) is 4.98 Å². The van der Waals surface area contributed by atoms with Crippen molar-refractivity contribution >= 4 is 23.6 Å². The number of anilines is 1. The average molecular weight is 573 g/mol. The summed E-state index contributed by atoms with van der Waals surface area (Å²) in [6.45, 7) is 4.20. The first-order valence-corrected chi connectivity index (χ1v) is 14.2. The lowest BCUT2D eigenvalue weighted by Crippen LogP contribution is -2.51. The Labute approximate surface area is 248 Å². The van der Waals surface area contributed by atoms with Crippen LogP contribution in [0.3, 0.4) is 0 Å². The van der Waals surface area contributed by atoms with Gasteiger partial charge in [0.1, 0.15) is 6.04 Å². The van der Waals surface area contributed by atoms with Gasteiger partial charge in [0.15, 0.2) is 0 Å². The molecule has 1 fully saturated rings. The van der Waals surface area contributed by atoms with Gasteiger partial charge in [-0.3, -0.25) is 9.59 Å². The van der Waals surface area contributed by atoms with Crippen LogP contribution >= 0.6 is 0 Å². The van der Waals surface area contributed by atoms with Gasteiger partial charge >= 0.3 is 0 Å². The standard InChI is InChI=1S/C33H40N4O5/c1-35(17-20-40-2)33(39)30(23-26-7-5-4-6-8-26)37(32(38)16-12-27-11-15-31(41-3)34-24-27)25-28-9-13-29(14-10-28)36-18-21-42-22-19-36/h4-16,24,30H,17-23,25H2,1-3H3/b16-12+/t30-/m0/s1. The number of likely N-dealkylation sites (N-methyl/N-ethyl adjacent to an activating group) is 1. The molecule has 1 aliphatic rings. The number of amides is 2. The molecule has 2 amide bonds. The molecule has 0 spiro atoms. The van der Waals surface area contributed by atoms with E-state index in [0.29, 0.717) is 38.7 Å². The summed E-state index contributed by atoms with van der Waals surface area (Å²) in [5, 5.41) is 0. The van der Waals surface area contributed by atoms with Gasteiger partial charge in [0.2, 0.25) is 17.7 Å². The molecule has 0 saturated carbocycles. The second-order valence-corrected chi connectivity index (χ2v) is 10.2. The molecule has 1 atom stereocenters. The third-order valence-corrected chi connectivity index (χ3v) is 7.28. The number of benzene rings is 2. The van der Waals surface area contributed by atoms with E-state index in [2.05, 4.69) is 22.0 Å². The minimum atomic E-state index is -0.723. The van der Waals surface area contributed by atoms with Gasteiger partial charge in [0, 0.05) is 70.8 Å². The van der Waals surface area contributed by atoms with Gasteiger partial charge in [0.05, 0.1) is 26.9 Å². The minimum Gasteiger partial charge on any atom is -0.481 e. The third-order valence-electron chi connectivity index (χ3n) is 7.28. The van der Waals surface area contributed by atoms with Gasteiger partial charge < -0.3 is 28.9 Å². The molecule has 0 N–H and O–H groups in total. The highest BCUT2D eigenvalue weighted by atomic mass is 16.5. The van der Waals surface area contributed by atoms with E-state index in [1.54, 1.807) is 49.4 Å². The summed E-state index contributed by atoms with van der Waals surface area (Å²) in [4.78, 5) is 37.6. The number of hydrogen-bond acceptors (Lipinski definition) is 7. The summed E-state index contributed by atoms with van der Waals surface area (Å²) in [7, 11) is 4.91. The molecule has 0 bridgehead atoms. The molecular formula is C33H40N4O5. The average Bonchev–Trinajstić information content (AvgIpc) is 3.05. The van der Waals surface area contributed by atoms with Crippen LogP contribution in [0.15, 0.2) is 79.0 Å². The SMILES string of the molecule is COCCN(C)C(=O)[C@H](Cc1ccccc1)N(Cc1ccc(N2CCOCC2)cc1)C(=O)/C=C/c1ccc(OC)nc1.